The van der Waals surface area contributed by atoms with Crippen molar-refractivity contribution in [3.63, 3.8) is 0 Å². The molecule has 2 aliphatic rings. The van der Waals surface area contributed by atoms with E-state index in [2.05, 4.69) is 34.6 Å². The summed E-state index contributed by atoms with van der Waals surface area (Å²) in [5.41, 5.74) is 0.464. The van der Waals surface area contributed by atoms with Gasteiger partial charge in [0.25, 0.3) is 5.91 Å². The Morgan fingerprint density at radius 1 is 1.47 bits per heavy atom. The van der Waals surface area contributed by atoms with Gasteiger partial charge in [0.2, 0.25) is 0 Å². The van der Waals surface area contributed by atoms with Crippen molar-refractivity contribution in [1.82, 2.24) is 30.1 Å². The van der Waals surface area contributed by atoms with Crippen LogP contribution in [0.5, 0.6) is 0 Å². The van der Waals surface area contributed by atoms with E-state index in [1.54, 1.807) is 10.9 Å². The van der Waals surface area contributed by atoms with Crippen LogP contribution in [0.25, 0.3) is 0 Å². The number of nitrogens with zero attached hydrogens (tertiary/aromatic N) is 5. The largest absolute Gasteiger partial charge is 0.336 e. The molecule has 0 spiro atoms. The van der Waals surface area contributed by atoms with Crippen molar-refractivity contribution < 1.29 is 4.79 Å². The Bertz CT molecular complexity index is 467. The smallest absolute Gasteiger partial charge is 0.276 e. The second kappa shape index (κ2) is 4.90. The zero-order valence-electron chi connectivity index (χ0n) is 11.4. The van der Waals surface area contributed by atoms with Gasteiger partial charge in [0.1, 0.15) is 0 Å². The van der Waals surface area contributed by atoms with Gasteiger partial charge >= 0.3 is 0 Å². The summed E-state index contributed by atoms with van der Waals surface area (Å²) < 4.78 is 1.79. The van der Waals surface area contributed by atoms with Crippen LogP contribution in [0.1, 0.15) is 23.0 Å². The Balaban J connectivity index is 1.65. The van der Waals surface area contributed by atoms with Crippen molar-refractivity contribution in [1.29, 1.82) is 0 Å². The molecule has 0 bridgehead atoms. The van der Waals surface area contributed by atoms with Gasteiger partial charge in [-0.15, -0.1) is 5.10 Å². The molecule has 1 atom stereocenters. The van der Waals surface area contributed by atoms with Crippen LogP contribution >= 0.6 is 0 Å². The second-order valence-electron chi connectivity index (χ2n) is 5.55. The number of likely N-dealkylation sites (N-methyl/N-ethyl adjacent to an activating group) is 1. The maximum atomic E-state index is 12.3. The number of nitrogens with one attached hydrogen (secondary N) is 1. The quantitative estimate of drug-likeness (QED) is 0.774. The zero-order chi connectivity index (χ0) is 13.4. The molecule has 2 saturated heterocycles. The van der Waals surface area contributed by atoms with Gasteiger partial charge in [-0.1, -0.05) is 5.21 Å². The maximum Gasteiger partial charge on any atom is 0.276 e. The summed E-state index contributed by atoms with van der Waals surface area (Å²) in [6.45, 7) is 3.40. The fraction of sp³-hybridized carbons (Fsp3) is 0.750. The van der Waals surface area contributed by atoms with Crippen LogP contribution in [-0.2, 0) is 0 Å². The fourth-order valence-electron chi connectivity index (χ4n) is 2.52. The minimum atomic E-state index is 0.00267. The third-order valence-corrected chi connectivity index (χ3v) is 4.04. The van der Waals surface area contributed by atoms with Gasteiger partial charge in [-0.2, -0.15) is 0 Å². The lowest BCUT2D eigenvalue weighted by molar-refractivity contribution is 0.0777. The van der Waals surface area contributed by atoms with Crippen LogP contribution in [0.15, 0.2) is 6.20 Å². The molecule has 0 aromatic carbocycles. The number of rotatable bonds is 3. The molecule has 7 nitrogen and oxygen atoms in total. The molecule has 0 radical (unpaired) electrons. The van der Waals surface area contributed by atoms with Crippen molar-refractivity contribution in [3.05, 3.63) is 11.9 Å². The molecule has 1 aromatic heterocycles. The van der Waals surface area contributed by atoms with Crippen LogP contribution < -0.4 is 5.32 Å². The van der Waals surface area contributed by atoms with E-state index in [-0.39, 0.29) is 5.91 Å². The van der Waals surface area contributed by atoms with E-state index in [9.17, 15) is 4.79 Å². The summed E-state index contributed by atoms with van der Waals surface area (Å²) in [7, 11) is 4.11. The maximum absolute atomic E-state index is 12.3. The lowest BCUT2D eigenvalue weighted by Gasteiger charge is -2.26. The summed E-state index contributed by atoms with van der Waals surface area (Å²) in [5, 5.41) is 11.2. The molecule has 0 aliphatic carbocycles. The standard InChI is InChI=1S/C12H20N6O/c1-16(2)9-3-4-17(7-9)12(19)11-8-18(15-14-11)10-5-13-6-10/h8-10,13H,3-7H2,1-2H3. The first-order valence-corrected chi connectivity index (χ1v) is 6.73. The molecule has 2 aliphatic heterocycles. The SMILES string of the molecule is CN(C)C1CCN(C(=O)c2cn(C3CNC3)nn2)C1. The van der Waals surface area contributed by atoms with Crippen molar-refractivity contribution in [2.45, 2.75) is 18.5 Å². The first kappa shape index (κ1) is 12.6. The fourth-order valence-corrected chi connectivity index (χ4v) is 2.52. The predicted octanol–water partition coefficient (Wildman–Crippen LogP) is -0.801. The summed E-state index contributed by atoms with van der Waals surface area (Å²) in [6, 6.07) is 0.803. The highest BCUT2D eigenvalue weighted by Gasteiger charge is 2.30. The van der Waals surface area contributed by atoms with Gasteiger partial charge in [0.05, 0.1) is 12.2 Å². The van der Waals surface area contributed by atoms with E-state index >= 15 is 0 Å². The monoisotopic (exact) mass is 264 g/mol. The second-order valence-corrected chi connectivity index (χ2v) is 5.55. The minimum absolute atomic E-state index is 0.00267. The number of aromatic nitrogens is 3. The van der Waals surface area contributed by atoms with Crippen LogP contribution in [0.3, 0.4) is 0 Å². The van der Waals surface area contributed by atoms with Gasteiger partial charge in [-0.25, -0.2) is 4.68 Å². The molecule has 1 N–H and O–H groups in total. The van der Waals surface area contributed by atoms with Crippen molar-refractivity contribution >= 4 is 5.91 Å². The molecule has 1 aromatic rings. The lowest BCUT2D eigenvalue weighted by atomic mass is 10.2. The average Bonchev–Trinajstić information content (AvgIpc) is 2.94. The number of hydrogen-bond acceptors (Lipinski definition) is 5. The molecule has 3 heterocycles. The first-order chi connectivity index (χ1) is 9.15. The van der Waals surface area contributed by atoms with Gasteiger partial charge in [-0.3, -0.25) is 4.79 Å². The summed E-state index contributed by atoms with van der Waals surface area (Å²) >= 11 is 0. The van der Waals surface area contributed by atoms with Gasteiger partial charge in [-0.05, 0) is 20.5 Å². The summed E-state index contributed by atoms with van der Waals surface area (Å²) in [6.07, 6.45) is 2.80. The molecule has 19 heavy (non-hydrogen) atoms. The summed E-state index contributed by atoms with van der Waals surface area (Å²) in [4.78, 5) is 16.4. The number of carbonyl (C=O) groups excluding carboxylic acids is 1. The average molecular weight is 264 g/mol. The highest BCUT2D eigenvalue weighted by Crippen LogP contribution is 2.16. The zero-order valence-corrected chi connectivity index (χ0v) is 11.4. The molecule has 1 unspecified atom stereocenters. The van der Waals surface area contributed by atoms with Crippen LogP contribution in [-0.4, -0.2) is 77.0 Å². The molecular formula is C12H20N6O. The highest BCUT2D eigenvalue weighted by atomic mass is 16.2. The third-order valence-electron chi connectivity index (χ3n) is 4.04. The molecule has 7 heteroatoms. The molecule has 104 valence electrons. The molecule has 0 saturated carbocycles. The van der Waals surface area contributed by atoms with E-state index < -0.39 is 0 Å². The number of likely N-dealkylation sites (tertiary alicyclic amines) is 1. The lowest BCUT2D eigenvalue weighted by Crippen LogP contribution is -2.43. The van der Waals surface area contributed by atoms with Gasteiger partial charge in [0.15, 0.2) is 5.69 Å². The molecule has 3 rings (SSSR count). The van der Waals surface area contributed by atoms with Gasteiger partial charge in [0, 0.05) is 32.2 Å². The van der Waals surface area contributed by atoms with Crippen LogP contribution in [0.4, 0.5) is 0 Å². The van der Waals surface area contributed by atoms with E-state index in [0.29, 0.717) is 17.8 Å². The predicted molar refractivity (Wildman–Crippen MR) is 69.9 cm³/mol. The summed E-state index contributed by atoms with van der Waals surface area (Å²) in [5.74, 6) is 0.00267. The minimum Gasteiger partial charge on any atom is -0.336 e. The van der Waals surface area contributed by atoms with E-state index in [0.717, 1.165) is 32.6 Å². The Kier molecular flexibility index (Phi) is 3.24. The molecule has 1 amide bonds. The number of hydrogen-bond donors (Lipinski definition) is 1. The Morgan fingerprint density at radius 3 is 2.84 bits per heavy atom. The van der Waals surface area contributed by atoms with Crippen LogP contribution in [0, 0.1) is 0 Å². The van der Waals surface area contributed by atoms with E-state index in [1.807, 2.05) is 4.90 Å². The Hall–Kier alpha value is -1.47. The third kappa shape index (κ3) is 2.35. The van der Waals surface area contributed by atoms with Crippen molar-refractivity contribution in [2.24, 2.45) is 0 Å². The number of carbonyl (C=O) groups is 1. The van der Waals surface area contributed by atoms with Gasteiger partial charge < -0.3 is 15.1 Å². The van der Waals surface area contributed by atoms with Crippen molar-refractivity contribution in [2.75, 3.05) is 40.3 Å². The first-order valence-electron chi connectivity index (χ1n) is 6.73. The molecule has 2 fully saturated rings. The normalized spacial score (nSPS) is 23.9. The van der Waals surface area contributed by atoms with E-state index in [4.69, 9.17) is 0 Å². The van der Waals surface area contributed by atoms with Crippen LogP contribution in [0.2, 0.25) is 0 Å². The Morgan fingerprint density at radius 2 is 2.26 bits per heavy atom. The topological polar surface area (TPSA) is 66.3 Å². The Labute approximate surface area is 112 Å². The van der Waals surface area contributed by atoms with Crippen molar-refractivity contribution in [3.8, 4) is 0 Å². The van der Waals surface area contributed by atoms with E-state index in [1.165, 1.54) is 0 Å². The number of amides is 1. The molecular weight excluding hydrogens is 244 g/mol. The highest BCUT2D eigenvalue weighted by molar-refractivity contribution is 5.92.